The van der Waals surface area contributed by atoms with Gasteiger partial charge in [0.1, 0.15) is 13.2 Å². The van der Waals surface area contributed by atoms with E-state index in [0.29, 0.717) is 17.4 Å². The first-order chi connectivity index (χ1) is 38.5. The third-order valence-electron chi connectivity index (χ3n) is 15.1. The van der Waals surface area contributed by atoms with E-state index in [4.69, 9.17) is 9.05 Å². The summed E-state index contributed by atoms with van der Waals surface area (Å²) in [6, 6.07) is -0.913. The van der Waals surface area contributed by atoms with Gasteiger partial charge in [-0.1, -0.05) is 299 Å². The molecule has 1 amide bonds. The summed E-state index contributed by atoms with van der Waals surface area (Å²) < 4.78 is 23.4. The zero-order valence-electron chi connectivity index (χ0n) is 52.8. The second-order valence-corrected chi connectivity index (χ2v) is 25.6. The van der Waals surface area contributed by atoms with Gasteiger partial charge in [0, 0.05) is 6.42 Å². The molecular weight excluding hydrogens is 996 g/mol. The molecule has 0 fully saturated rings. The monoisotopic (exact) mass is 1130 g/mol. The van der Waals surface area contributed by atoms with Gasteiger partial charge in [0.05, 0.1) is 39.9 Å². The van der Waals surface area contributed by atoms with Gasteiger partial charge < -0.3 is 28.8 Å². The minimum Gasteiger partial charge on any atom is -0.756 e. The highest BCUT2D eigenvalue weighted by Gasteiger charge is 2.23. The molecule has 0 aliphatic rings. The summed E-state index contributed by atoms with van der Waals surface area (Å²) in [5.41, 5.74) is 0. The summed E-state index contributed by atoms with van der Waals surface area (Å²) in [5, 5.41) is 13.9. The van der Waals surface area contributed by atoms with Crippen LogP contribution in [0.4, 0.5) is 0 Å². The molecule has 3 atom stereocenters. The number of phosphoric ester groups is 1. The molecule has 0 rings (SSSR count). The summed E-state index contributed by atoms with van der Waals surface area (Å²) in [6.45, 7) is 4.64. The van der Waals surface area contributed by atoms with E-state index in [2.05, 4.69) is 79.9 Å². The maximum absolute atomic E-state index is 13.0. The lowest BCUT2D eigenvalue weighted by atomic mass is 10.0. The van der Waals surface area contributed by atoms with Crippen LogP contribution in [0.1, 0.15) is 316 Å². The van der Waals surface area contributed by atoms with Crippen LogP contribution in [0.25, 0.3) is 0 Å². The Morgan fingerprint density at radius 3 is 1.11 bits per heavy atom. The van der Waals surface area contributed by atoms with Gasteiger partial charge in [0.2, 0.25) is 5.91 Å². The number of amides is 1. The normalized spacial score (nSPS) is 14.2. The molecule has 8 nitrogen and oxygen atoms in total. The zero-order valence-corrected chi connectivity index (χ0v) is 53.7. The molecule has 0 heterocycles. The fourth-order valence-electron chi connectivity index (χ4n) is 9.84. The van der Waals surface area contributed by atoms with Crippen LogP contribution in [0, 0.1) is 0 Å². The summed E-state index contributed by atoms with van der Waals surface area (Å²) in [7, 11) is 1.24. The highest BCUT2D eigenvalue weighted by Crippen LogP contribution is 2.38. The predicted octanol–water partition coefficient (Wildman–Crippen LogP) is 20.8. The van der Waals surface area contributed by atoms with E-state index in [0.717, 1.165) is 57.8 Å². The molecule has 0 radical (unpaired) electrons. The topological polar surface area (TPSA) is 108 Å². The number of unbranched alkanes of at least 4 members (excludes halogenated alkanes) is 39. The quantitative estimate of drug-likeness (QED) is 0.0272. The lowest BCUT2D eigenvalue weighted by molar-refractivity contribution is -0.870. The number of allylic oxidation sites excluding steroid dienone is 11. The first-order valence-electron chi connectivity index (χ1n) is 33.8. The van der Waals surface area contributed by atoms with Crippen molar-refractivity contribution in [1.29, 1.82) is 0 Å². The van der Waals surface area contributed by atoms with Crippen LogP contribution in [0.5, 0.6) is 0 Å². The summed E-state index contributed by atoms with van der Waals surface area (Å²) in [4.78, 5) is 25.6. The van der Waals surface area contributed by atoms with Crippen LogP contribution in [0.3, 0.4) is 0 Å². The standard InChI is InChI=1S/C70H131N2O6P/c1-6-8-10-12-14-16-18-20-22-24-26-28-30-32-33-34-35-36-37-38-39-40-42-44-46-48-50-52-54-56-58-60-62-64-70(74)71-68(67-78-79(75,76)77-66-65-72(3,4)5)69(73)63-61-59-57-55-53-51-49-47-45-43-41-31-29-27-25-23-21-19-17-15-13-11-9-7-2/h18,20,24,26,30,32,45,47,53,55,61,63,68-69,73H,6-17,19,21-23,25,27-29,31,33-44,46,48-52,54,56-60,62,64-67H2,1-5H3,(H-,71,74,75,76)/b20-18-,26-24-,32-30-,47-45+,55-53+,63-61+. The van der Waals surface area contributed by atoms with Crippen LogP contribution < -0.4 is 10.2 Å². The zero-order chi connectivity index (χ0) is 57.7. The first-order valence-corrected chi connectivity index (χ1v) is 35.3. The molecule has 0 aliphatic heterocycles. The van der Waals surface area contributed by atoms with E-state index in [1.165, 1.54) is 238 Å². The van der Waals surface area contributed by atoms with Crippen LogP contribution in [0.2, 0.25) is 0 Å². The van der Waals surface area contributed by atoms with E-state index in [9.17, 15) is 19.4 Å². The van der Waals surface area contributed by atoms with Gasteiger partial charge in [-0.05, 0) is 83.5 Å². The first kappa shape index (κ1) is 76.9. The van der Waals surface area contributed by atoms with Crippen molar-refractivity contribution in [2.24, 2.45) is 0 Å². The summed E-state index contributed by atoms with van der Waals surface area (Å²) >= 11 is 0. The Morgan fingerprint density at radius 1 is 0.443 bits per heavy atom. The largest absolute Gasteiger partial charge is 0.756 e. The third kappa shape index (κ3) is 63.4. The molecule has 0 spiro atoms. The van der Waals surface area contributed by atoms with Crippen LogP contribution >= 0.6 is 7.82 Å². The fraction of sp³-hybridized carbons (Fsp3) is 0.814. The molecule has 3 unspecified atom stereocenters. The van der Waals surface area contributed by atoms with Gasteiger partial charge in [0.15, 0.2) is 0 Å². The molecular formula is C70H131N2O6P. The van der Waals surface area contributed by atoms with E-state index in [1.807, 2.05) is 27.2 Å². The van der Waals surface area contributed by atoms with Crippen molar-refractivity contribution in [3.63, 3.8) is 0 Å². The van der Waals surface area contributed by atoms with Gasteiger partial charge in [0.25, 0.3) is 7.82 Å². The van der Waals surface area contributed by atoms with Crippen LogP contribution in [-0.4, -0.2) is 68.5 Å². The van der Waals surface area contributed by atoms with Gasteiger partial charge in [-0.2, -0.15) is 0 Å². The van der Waals surface area contributed by atoms with Crippen molar-refractivity contribution in [2.45, 2.75) is 328 Å². The Hall–Kier alpha value is -2.06. The van der Waals surface area contributed by atoms with Crippen LogP contribution in [-0.2, 0) is 18.4 Å². The van der Waals surface area contributed by atoms with Crippen molar-refractivity contribution in [2.75, 3.05) is 40.9 Å². The average molecular weight is 1130 g/mol. The molecule has 0 aliphatic carbocycles. The number of aliphatic hydroxyl groups excluding tert-OH is 1. The number of likely N-dealkylation sites (N-methyl/N-ethyl adjacent to an activating group) is 1. The van der Waals surface area contributed by atoms with Crippen molar-refractivity contribution < 1.29 is 32.9 Å². The predicted molar refractivity (Wildman–Crippen MR) is 344 cm³/mol. The van der Waals surface area contributed by atoms with Gasteiger partial charge >= 0.3 is 0 Å². The minimum atomic E-state index is -4.62. The lowest BCUT2D eigenvalue weighted by Crippen LogP contribution is -2.45. The van der Waals surface area contributed by atoms with E-state index in [1.54, 1.807) is 6.08 Å². The number of rotatable bonds is 62. The molecule has 462 valence electrons. The maximum atomic E-state index is 13.0. The lowest BCUT2D eigenvalue weighted by Gasteiger charge is -2.29. The number of carbonyl (C=O) groups is 1. The molecule has 0 aromatic heterocycles. The molecule has 0 saturated carbocycles. The number of quaternary nitrogens is 1. The number of aliphatic hydroxyl groups is 1. The Morgan fingerprint density at radius 2 is 0.747 bits per heavy atom. The highest BCUT2D eigenvalue weighted by atomic mass is 31.2. The fourth-order valence-corrected chi connectivity index (χ4v) is 10.6. The maximum Gasteiger partial charge on any atom is 0.268 e. The molecule has 0 aromatic carbocycles. The number of nitrogens with one attached hydrogen (secondary N) is 1. The number of hydrogen-bond donors (Lipinski definition) is 2. The second-order valence-electron chi connectivity index (χ2n) is 24.2. The van der Waals surface area contributed by atoms with Crippen molar-refractivity contribution in [3.05, 3.63) is 72.9 Å². The molecule has 0 saturated heterocycles. The molecule has 79 heavy (non-hydrogen) atoms. The SMILES string of the molecule is CCCCCCC/C=C\C/C=C\C/C=C\CCCCCCCCCCCCCCCCCCCCC(=O)NC(COP(=O)([O-])OCC[N+](C)(C)C)C(O)/C=C/CC/C=C/CC/C=C/CCCCCCCCCCCCCCCC. The van der Waals surface area contributed by atoms with Gasteiger partial charge in [-0.15, -0.1) is 0 Å². The average Bonchev–Trinajstić information content (AvgIpc) is 3.42. The Balaban J connectivity index is 4.12. The van der Waals surface area contributed by atoms with E-state index in [-0.39, 0.29) is 12.5 Å². The van der Waals surface area contributed by atoms with Crippen molar-refractivity contribution >= 4 is 13.7 Å². The highest BCUT2D eigenvalue weighted by molar-refractivity contribution is 7.45. The minimum absolute atomic E-state index is 0.0100. The Bertz CT molecular complexity index is 1520. The number of nitrogens with zero attached hydrogens (tertiary/aromatic N) is 1. The van der Waals surface area contributed by atoms with E-state index < -0.39 is 26.6 Å². The molecule has 0 bridgehead atoms. The van der Waals surface area contributed by atoms with Crippen molar-refractivity contribution in [3.8, 4) is 0 Å². The molecule has 0 aromatic rings. The smallest absolute Gasteiger partial charge is 0.268 e. The molecule has 2 N–H and O–H groups in total. The number of carbonyl (C=O) groups excluding carboxylic acids is 1. The summed E-state index contributed by atoms with van der Waals surface area (Å²) in [6.07, 6.45) is 84.5. The van der Waals surface area contributed by atoms with Crippen LogP contribution in [0.15, 0.2) is 72.9 Å². The Labute approximate surface area is 491 Å². The van der Waals surface area contributed by atoms with Gasteiger partial charge in [-0.25, -0.2) is 0 Å². The number of phosphoric acid groups is 1. The second kappa shape index (κ2) is 60.5. The third-order valence-corrected chi connectivity index (χ3v) is 16.1. The summed E-state index contributed by atoms with van der Waals surface area (Å²) in [5.74, 6) is -0.208. The van der Waals surface area contributed by atoms with Gasteiger partial charge in [-0.3, -0.25) is 9.36 Å². The Kier molecular flexibility index (Phi) is 59.0. The number of hydrogen-bond acceptors (Lipinski definition) is 6. The van der Waals surface area contributed by atoms with E-state index >= 15 is 0 Å². The van der Waals surface area contributed by atoms with Crippen molar-refractivity contribution in [1.82, 2.24) is 5.32 Å². The molecule has 9 heteroatoms.